The van der Waals surface area contributed by atoms with Gasteiger partial charge in [0, 0.05) is 36.4 Å². The summed E-state index contributed by atoms with van der Waals surface area (Å²) in [6.45, 7) is 3.31. The summed E-state index contributed by atoms with van der Waals surface area (Å²) in [4.78, 5) is 39.3. The number of benzene rings is 1. The molecule has 1 amide bonds. The molecule has 1 aliphatic heterocycles. The molecular formula is C22H25ClN2O5. The number of β-amino-alcohol motifs (C(OH)–C–C–N with tert-alkyl or cyclic N) is 1. The van der Waals surface area contributed by atoms with E-state index in [9.17, 15) is 19.5 Å². The van der Waals surface area contributed by atoms with E-state index < -0.39 is 18.1 Å². The van der Waals surface area contributed by atoms with E-state index >= 15 is 0 Å². The minimum atomic E-state index is -0.772. The van der Waals surface area contributed by atoms with E-state index in [1.807, 2.05) is 12.1 Å². The molecule has 1 aliphatic rings. The molecule has 0 saturated carbocycles. The van der Waals surface area contributed by atoms with Crippen LogP contribution in [0.25, 0.3) is 0 Å². The monoisotopic (exact) mass is 432 g/mol. The number of Topliss-reactive ketones (excluding diaryl/α,β-unsaturated/α-hetero) is 2. The molecule has 30 heavy (non-hydrogen) atoms. The van der Waals surface area contributed by atoms with Crippen LogP contribution in [0.5, 0.6) is 0 Å². The van der Waals surface area contributed by atoms with Gasteiger partial charge in [-0.3, -0.25) is 14.4 Å². The highest BCUT2D eigenvalue weighted by atomic mass is 35.5. The van der Waals surface area contributed by atoms with Crippen molar-refractivity contribution in [1.29, 1.82) is 0 Å². The van der Waals surface area contributed by atoms with Gasteiger partial charge in [0.2, 0.25) is 5.91 Å². The number of carbonyl (C=O) groups excluding carboxylic acids is 3. The molecule has 1 aromatic heterocycles. The third-order valence-electron chi connectivity index (χ3n) is 5.39. The van der Waals surface area contributed by atoms with Crippen LogP contribution in [0, 0.1) is 12.8 Å². The predicted octanol–water partition coefficient (Wildman–Crippen LogP) is 2.55. The lowest BCUT2D eigenvalue weighted by Crippen LogP contribution is -2.42. The zero-order chi connectivity index (χ0) is 21.8. The van der Waals surface area contributed by atoms with Crippen LogP contribution in [-0.2, 0) is 27.2 Å². The normalized spacial score (nSPS) is 19.7. The number of amides is 1. The molecule has 2 aromatic rings. The average Bonchev–Trinajstić information content (AvgIpc) is 3.28. The van der Waals surface area contributed by atoms with Gasteiger partial charge in [-0.25, -0.2) is 0 Å². The molecule has 0 unspecified atom stereocenters. The fourth-order valence-electron chi connectivity index (χ4n) is 3.79. The van der Waals surface area contributed by atoms with Crippen LogP contribution in [-0.4, -0.2) is 51.3 Å². The van der Waals surface area contributed by atoms with Gasteiger partial charge < -0.3 is 14.5 Å². The van der Waals surface area contributed by atoms with Crippen LogP contribution in [0.3, 0.4) is 0 Å². The van der Waals surface area contributed by atoms with Crippen molar-refractivity contribution in [3.8, 4) is 0 Å². The zero-order valence-corrected chi connectivity index (χ0v) is 17.8. The Balaban J connectivity index is 1.68. The maximum atomic E-state index is 13.0. The van der Waals surface area contributed by atoms with Crippen LogP contribution in [0.2, 0.25) is 5.02 Å². The maximum Gasteiger partial charge on any atom is 0.231 e. The fraction of sp³-hybridized carbons (Fsp3) is 0.455. The lowest BCUT2D eigenvalue weighted by atomic mass is 9.89. The molecule has 1 saturated heterocycles. The number of hydrogen-bond acceptors (Lipinski definition) is 6. The van der Waals surface area contributed by atoms with Crippen LogP contribution in [0.4, 0.5) is 0 Å². The van der Waals surface area contributed by atoms with Gasteiger partial charge in [0.1, 0.15) is 11.5 Å². The first-order valence-corrected chi connectivity index (χ1v) is 10.3. The van der Waals surface area contributed by atoms with Crippen molar-refractivity contribution in [2.24, 2.45) is 5.92 Å². The molecule has 7 nitrogen and oxygen atoms in total. The van der Waals surface area contributed by atoms with Crippen molar-refractivity contribution in [1.82, 2.24) is 10.1 Å². The van der Waals surface area contributed by atoms with E-state index in [0.29, 0.717) is 22.9 Å². The molecule has 3 atom stereocenters. The van der Waals surface area contributed by atoms with Crippen molar-refractivity contribution < 1.29 is 24.0 Å². The van der Waals surface area contributed by atoms with Gasteiger partial charge in [-0.15, -0.1) is 0 Å². The Labute approximate surface area is 180 Å². The summed E-state index contributed by atoms with van der Waals surface area (Å²) in [5.74, 6) is -0.701. The third-order valence-corrected chi connectivity index (χ3v) is 5.64. The van der Waals surface area contributed by atoms with Gasteiger partial charge in [0.05, 0.1) is 24.3 Å². The summed E-state index contributed by atoms with van der Waals surface area (Å²) in [5, 5.41) is 14.4. The number of aliphatic hydroxyl groups excluding tert-OH is 1. The predicted molar refractivity (Wildman–Crippen MR) is 110 cm³/mol. The molecule has 3 rings (SSSR count). The standard InChI is InChI=1S/C22H25ClN2O5/c1-13-7-19(30-24-13)11-22(29)25-12-18(27)10-20(25)21(28)9-16(14(2)26)8-15-3-5-17(23)6-4-15/h3-7,16,18,20,27H,8-12H2,1-2H3/t16-,18+,20-/m0/s1. The lowest BCUT2D eigenvalue weighted by molar-refractivity contribution is -0.138. The van der Waals surface area contributed by atoms with Crippen molar-refractivity contribution in [3.05, 3.63) is 52.4 Å². The first-order valence-electron chi connectivity index (χ1n) is 9.90. The second kappa shape index (κ2) is 9.53. The molecule has 0 radical (unpaired) electrons. The second-order valence-corrected chi connectivity index (χ2v) is 8.31. The van der Waals surface area contributed by atoms with E-state index in [1.54, 1.807) is 25.1 Å². The SMILES string of the molecule is CC(=O)[C@H](CC(=O)[C@@H]1C[C@@H](O)CN1C(=O)Cc1cc(C)no1)Cc1ccc(Cl)cc1. The molecule has 1 fully saturated rings. The Hall–Kier alpha value is -2.51. The van der Waals surface area contributed by atoms with E-state index in [2.05, 4.69) is 5.16 Å². The van der Waals surface area contributed by atoms with Gasteiger partial charge in [0.25, 0.3) is 0 Å². The zero-order valence-electron chi connectivity index (χ0n) is 17.0. The van der Waals surface area contributed by atoms with Crippen LogP contribution in [0.15, 0.2) is 34.9 Å². The molecule has 0 aliphatic carbocycles. The Morgan fingerprint density at radius 3 is 2.60 bits per heavy atom. The van der Waals surface area contributed by atoms with Crippen molar-refractivity contribution in [3.63, 3.8) is 0 Å². The number of aliphatic hydroxyl groups is 1. The molecule has 8 heteroatoms. The minimum Gasteiger partial charge on any atom is -0.391 e. The van der Waals surface area contributed by atoms with E-state index in [0.717, 1.165) is 5.56 Å². The molecule has 0 bridgehead atoms. The number of hydrogen-bond donors (Lipinski definition) is 1. The first-order chi connectivity index (χ1) is 14.2. The number of rotatable bonds is 8. The molecule has 1 N–H and O–H groups in total. The first kappa shape index (κ1) is 22.2. The quantitative estimate of drug-likeness (QED) is 0.688. The topological polar surface area (TPSA) is 101 Å². The Kier molecular flexibility index (Phi) is 7.05. The fourth-order valence-corrected chi connectivity index (χ4v) is 3.91. The van der Waals surface area contributed by atoms with Crippen molar-refractivity contribution in [2.75, 3.05) is 6.54 Å². The number of ketones is 2. The highest BCUT2D eigenvalue weighted by molar-refractivity contribution is 6.30. The number of aromatic nitrogens is 1. The summed E-state index contributed by atoms with van der Waals surface area (Å²) < 4.78 is 5.09. The summed E-state index contributed by atoms with van der Waals surface area (Å²) >= 11 is 5.91. The highest BCUT2D eigenvalue weighted by Crippen LogP contribution is 2.24. The van der Waals surface area contributed by atoms with Crippen LogP contribution in [0.1, 0.15) is 36.8 Å². The minimum absolute atomic E-state index is 0.0144. The van der Waals surface area contributed by atoms with Crippen LogP contribution < -0.4 is 0 Å². The molecule has 1 aromatic carbocycles. The number of halogens is 1. The van der Waals surface area contributed by atoms with Gasteiger partial charge in [0.15, 0.2) is 5.78 Å². The van der Waals surface area contributed by atoms with Crippen LogP contribution >= 0.6 is 11.6 Å². The number of nitrogens with zero attached hydrogens (tertiary/aromatic N) is 2. The number of aryl methyl sites for hydroxylation is 1. The molecular weight excluding hydrogens is 408 g/mol. The van der Waals surface area contributed by atoms with E-state index in [1.165, 1.54) is 11.8 Å². The smallest absolute Gasteiger partial charge is 0.231 e. The van der Waals surface area contributed by atoms with Crippen molar-refractivity contribution >= 4 is 29.1 Å². The van der Waals surface area contributed by atoms with Crippen molar-refractivity contribution in [2.45, 2.75) is 51.7 Å². The van der Waals surface area contributed by atoms with Gasteiger partial charge in [-0.2, -0.15) is 0 Å². The third kappa shape index (κ3) is 5.55. The van der Waals surface area contributed by atoms with Gasteiger partial charge >= 0.3 is 0 Å². The molecule has 160 valence electrons. The summed E-state index contributed by atoms with van der Waals surface area (Å²) in [7, 11) is 0. The Morgan fingerprint density at radius 1 is 1.30 bits per heavy atom. The number of carbonyl (C=O) groups is 3. The Bertz CT molecular complexity index is 924. The van der Waals surface area contributed by atoms with E-state index in [-0.39, 0.29) is 43.3 Å². The summed E-state index contributed by atoms with van der Waals surface area (Å²) in [6, 6.07) is 8.07. The largest absolute Gasteiger partial charge is 0.391 e. The summed E-state index contributed by atoms with van der Waals surface area (Å²) in [5.41, 5.74) is 1.57. The molecule has 0 spiro atoms. The van der Waals surface area contributed by atoms with Gasteiger partial charge in [-0.05, 0) is 38.0 Å². The molecule has 2 heterocycles. The average molecular weight is 433 g/mol. The lowest BCUT2D eigenvalue weighted by Gasteiger charge is -2.24. The highest BCUT2D eigenvalue weighted by Gasteiger charge is 2.39. The van der Waals surface area contributed by atoms with E-state index in [4.69, 9.17) is 16.1 Å². The van der Waals surface area contributed by atoms with Gasteiger partial charge in [-0.1, -0.05) is 28.9 Å². The summed E-state index contributed by atoms with van der Waals surface area (Å²) in [6.07, 6.45) is -0.199. The Morgan fingerprint density at radius 2 is 2.00 bits per heavy atom. The number of likely N-dealkylation sites (tertiary alicyclic amines) is 1. The second-order valence-electron chi connectivity index (χ2n) is 7.87. The maximum absolute atomic E-state index is 13.0.